The van der Waals surface area contributed by atoms with Crippen LogP contribution in [0, 0.1) is 11.6 Å². The van der Waals surface area contributed by atoms with Gasteiger partial charge < -0.3 is 9.05 Å². The summed E-state index contributed by atoms with van der Waals surface area (Å²) in [6.45, 7) is 5.96. The van der Waals surface area contributed by atoms with Crippen LogP contribution in [-0.4, -0.2) is 20.3 Å². The van der Waals surface area contributed by atoms with E-state index in [4.69, 9.17) is 9.05 Å². The molecule has 24 heavy (non-hydrogen) atoms. The van der Waals surface area contributed by atoms with Crippen molar-refractivity contribution in [2.24, 2.45) is 0 Å². The summed E-state index contributed by atoms with van der Waals surface area (Å²) in [7, 11) is 0. The van der Waals surface area contributed by atoms with E-state index in [2.05, 4.69) is 20.3 Å². The molecule has 2 heterocycles. The molecule has 126 valence electrons. The normalized spacial score (nSPS) is 11.9. The Kier molecular flexibility index (Phi) is 4.13. The molecule has 2 aromatic heterocycles. The minimum atomic E-state index is -1.00. The summed E-state index contributed by atoms with van der Waals surface area (Å²) in [4.78, 5) is 8.39. The lowest BCUT2D eigenvalue weighted by Crippen LogP contribution is -2.13. The number of hydrogen-bond acceptors (Lipinski definition) is 6. The Balaban J connectivity index is 1.71. The Bertz CT molecular complexity index is 852. The first-order valence-corrected chi connectivity index (χ1v) is 7.44. The Morgan fingerprint density at radius 1 is 0.958 bits per heavy atom. The number of nitrogens with zero attached hydrogens (tertiary/aromatic N) is 4. The maximum Gasteiger partial charge on any atom is 0.227 e. The average Bonchev–Trinajstić information content (AvgIpc) is 3.16. The third-order valence-corrected chi connectivity index (χ3v) is 3.35. The van der Waals surface area contributed by atoms with Crippen LogP contribution in [0.1, 0.15) is 38.4 Å². The molecule has 8 heteroatoms. The van der Waals surface area contributed by atoms with Gasteiger partial charge in [0.25, 0.3) is 0 Å². The fraction of sp³-hybridized carbons (Fsp3) is 0.375. The number of aryl methyl sites for hydroxylation is 2. The highest BCUT2D eigenvalue weighted by molar-refractivity contribution is 5.55. The summed E-state index contributed by atoms with van der Waals surface area (Å²) in [6.07, 6.45) is 0.770. The van der Waals surface area contributed by atoms with Crippen LogP contribution in [0.2, 0.25) is 0 Å². The van der Waals surface area contributed by atoms with Crippen molar-refractivity contribution in [1.29, 1.82) is 0 Å². The summed E-state index contributed by atoms with van der Waals surface area (Å²) >= 11 is 0. The molecule has 0 spiro atoms. The van der Waals surface area contributed by atoms with Crippen molar-refractivity contribution in [2.75, 3.05) is 0 Å². The van der Waals surface area contributed by atoms with Gasteiger partial charge in [0.05, 0.1) is 5.56 Å². The zero-order chi connectivity index (χ0) is 17.3. The van der Waals surface area contributed by atoms with E-state index in [1.807, 2.05) is 20.8 Å². The minimum absolute atomic E-state index is 0.00269. The van der Waals surface area contributed by atoms with Crippen molar-refractivity contribution in [3.05, 3.63) is 47.4 Å². The van der Waals surface area contributed by atoms with Crippen molar-refractivity contribution in [2.45, 2.75) is 39.0 Å². The molecule has 3 rings (SSSR count). The smallest absolute Gasteiger partial charge is 0.227 e. The highest BCUT2D eigenvalue weighted by Crippen LogP contribution is 2.22. The van der Waals surface area contributed by atoms with Crippen LogP contribution >= 0.6 is 0 Å². The monoisotopic (exact) mass is 334 g/mol. The Morgan fingerprint density at radius 2 is 1.62 bits per heavy atom. The van der Waals surface area contributed by atoms with Gasteiger partial charge in [0, 0.05) is 18.3 Å². The van der Waals surface area contributed by atoms with Crippen molar-refractivity contribution in [1.82, 2.24) is 20.3 Å². The molecule has 0 amide bonds. The lowest BCUT2D eigenvalue weighted by Gasteiger charge is -2.10. The van der Waals surface area contributed by atoms with Crippen LogP contribution in [-0.2, 0) is 18.3 Å². The predicted octanol–water partition coefficient (Wildman–Crippen LogP) is 3.48. The maximum atomic E-state index is 13.7. The van der Waals surface area contributed by atoms with Crippen molar-refractivity contribution < 1.29 is 17.8 Å². The first-order chi connectivity index (χ1) is 11.3. The third kappa shape index (κ3) is 3.32. The lowest BCUT2D eigenvalue weighted by molar-refractivity contribution is 0.347. The number of aromatic nitrogens is 4. The molecule has 0 saturated heterocycles. The quantitative estimate of drug-likeness (QED) is 0.727. The molecule has 0 unspecified atom stereocenters. The van der Waals surface area contributed by atoms with E-state index in [1.54, 1.807) is 0 Å². The molecule has 0 N–H and O–H groups in total. The molecule has 0 atom stereocenters. The number of benzene rings is 1. The molecule has 0 saturated carbocycles. The lowest BCUT2D eigenvalue weighted by atomic mass is 9.96. The SMILES string of the molecule is CC(C)(C)c1noc(CCc2nc(-c3cccc(F)c3F)no2)n1. The maximum absolute atomic E-state index is 13.7. The summed E-state index contributed by atoms with van der Waals surface area (Å²) in [5, 5.41) is 7.62. The van der Waals surface area contributed by atoms with E-state index in [1.165, 1.54) is 12.1 Å². The van der Waals surface area contributed by atoms with Crippen LogP contribution in [0.15, 0.2) is 27.2 Å². The third-order valence-electron chi connectivity index (χ3n) is 3.35. The second kappa shape index (κ2) is 6.10. The predicted molar refractivity (Wildman–Crippen MR) is 80.1 cm³/mol. The number of halogens is 2. The van der Waals surface area contributed by atoms with E-state index in [0.717, 1.165) is 6.07 Å². The molecule has 6 nitrogen and oxygen atoms in total. The highest BCUT2D eigenvalue weighted by Gasteiger charge is 2.21. The van der Waals surface area contributed by atoms with Gasteiger partial charge in [-0.1, -0.05) is 37.2 Å². The van der Waals surface area contributed by atoms with Crippen LogP contribution in [0.3, 0.4) is 0 Å². The van der Waals surface area contributed by atoms with E-state index < -0.39 is 11.6 Å². The standard InChI is InChI=1S/C16H16F2N4O2/c1-16(2,3)15-20-12(24-22-15)8-7-11-19-14(21-23-11)9-5-4-6-10(17)13(9)18/h4-6H,7-8H2,1-3H3. The molecule has 1 aromatic carbocycles. The first kappa shape index (κ1) is 16.2. The Hall–Kier alpha value is -2.64. The molecule has 0 fully saturated rings. The van der Waals surface area contributed by atoms with Crippen molar-refractivity contribution in [3.63, 3.8) is 0 Å². The highest BCUT2D eigenvalue weighted by atomic mass is 19.2. The number of hydrogen-bond donors (Lipinski definition) is 0. The molecule has 0 radical (unpaired) electrons. The molecule has 0 aliphatic rings. The van der Waals surface area contributed by atoms with Gasteiger partial charge in [-0.15, -0.1) is 0 Å². The topological polar surface area (TPSA) is 77.8 Å². The first-order valence-electron chi connectivity index (χ1n) is 7.44. The van der Waals surface area contributed by atoms with Crippen LogP contribution in [0.4, 0.5) is 8.78 Å². The van der Waals surface area contributed by atoms with Gasteiger partial charge >= 0.3 is 0 Å². The summed E-state index contributed by atoms with van der Waals surface area (Å²) in [5.74, 6) is -0.606. The van der Waals surface area contributed by atoms with Crippen LogP contribution in [0.5, 0.6) is 0 Å². The second-order valence-corrected chi connectivity index (χ2v) is 6.37. The summed E-state index contributed by atoms with van der Waals surface area (Å²) in [6, 6.07) is 3.80. The fourth-order valence-electron chi connectivity index (χ4n) is 2.02. The van der Waals surface area contributed by atoms with E-state index in [9.17, 15) is 8.78 Å². The van der Waals surface area contributed by atoms with Crippen molar-refractivity contribution in [3.8, 4) is 11.4 Å². The largest absolute Gasteiger partial charge is 0.339 e. The van der Waals surface area contributed by atoms with Gasteiger partial charge in [0.2, 0.25) is 17.6 Å². The Morgan fingerprint density at radius 3 is 2.29 bits per heavy atom. The molecule has 0 aliphatic carbocycles. The van der Waals surface area contributed by atoms with Gasteiger partial charge in [0.15, 0.2) is 17.5 Å². The van der Waals surface area contributed by atoms with E-state index in [0.29, 0.717) is 24.6 Å². The zero-order valence-corrected chi connectivity index (χ0v) is 13.5. The molecule has 0 aliphatic heterocycles. The Labute approximate surface area is 136 Å². The van der Waals surface area contributed by atoms with Gasteiger partial charge in [0.1, 0.15) is 0 Å². The second-order valence-electron chi connectivity index (χ2n) is 6.37. The van der Waals surface area contributed by atoms with Crippen LogP contribution in [0.25, 0.3) is 11.4 Å². The van der Waals surface area contributed by atoms with Gasteiger partial charge in [-0.25, -0.2) is 8.78 Å². The zero-order valence-electron chi connectivity index (χ0n) is 13.5. The van der Waals surface area contributed by atoms with Crippen molar-refractivity contribution >= 4 is 0 Å². The van der Waals surface area contributed by atoms with E-state index in [-0.39, 0.29) is 22.7 Å². The summed E-state index contributed by atoms with van der Waals surface area (Å²) < 4.78 is 37.2. The molecule has 3 aromatic rings. The van der Waals surface area contributed by atoms with Gasteiger partial charge in [-0.2, -0.15) is 9.97 Å². The van der Waals surface area contributed by atoms with Gasteiger partial charge in [-0.3, -0.25) is 0 Å². The van der Waals surface area contributed by atoms with Crippen LogP contribution < -0.4 is 0 Å². The molecule has 0 bridgehead atoms. The van der Waals surface area contributed by atoms with Gasteiger partial charge in [-0.05, 0) is 12.1 Å². The average molecular weight is 334 g/mol. The summed E-state index contributed by atoms with van der Waals surface area (Å²) in [5.41, 5.74) is -0.244. The number of rotatable bonds is 4. The molecular weight excluding hydrogens is 318 g/mol. The molecular formula is C16H16F2N4O2. The van der Waals surface area contributed by atoms with E-state index >= 15 is 0 Å². The fourth-order valence-corrected chi connectivity index (χ4v) is 2.02. The minimum Gasteiger partial charge on any atom is -0.339 e.